The first-order chi connectivity index (χ1) is 16.6. The molecule has 190 valence electrons. The van der Waals surface area contributed by atoms with Gasteiger partial charge >= 0.3 is 5.63 Å². The van der Waals surface area contributed by atoms with E-state index in [4.69, 9.17) is 28.2 Å². The summed E-state index contributed by atoms with van der Waals surface area (Å²) in [6.07, 6.45) is -1.80. The second kappa shape index (κ2) is 10.6. The largest absolute Gasteiger partial charge is 0.488 e. The Balaban J connectivity index is 2.09. The Hall–Kier alpha value is -3.18. The maximum atomic E-state index is 12.9. The molecule has 1 aliphatic rings. The summed E-state index contributed by atoms with van der Waals surface area (Å²) in [5, 5.41) is 25.5. The molecule has 2 aromatic rings. The van der Waals surface area contributed by atoms with Crippen LogP contribution in [0.3, 0.4) is 0 Å². The van der Waals surface area contributed by atoms with Gasteiger partial charge in [0.05, 0.1) is 11.1 Å². The Kier molecular flexibility index (Phi) is 8.01. The van der Waals surface area contributed by atoms with Crippen LogP contribution in [0.1, 0.15) is 25.0 Å². The summed E-state index contributed by atoms with van der Waals surface area (Å²) in [7, 11) is 2.77. The van der Waals surface area contributed by atoms with E-state index in [9.17, 15) is 15.0 Å². The van der Waals surface area contributed by atoms with E-state index < -0.39 is 35.8 Å². The van der Waals surface area contributed by atoms with Crippen molar-refractivity contribution in [1.29, 1.82) is 0 Å². The molecular formula is C25H31NO9. The van der Waals surface area contributed by atoms with Gasteiger partial charge in [0, 0.05) is 12.7 Å². The van der Waals surface area contributed by atoms with E-state index in [-0.39, 0.29) is 35.0 Å². The number of benzene rings is 1. The van der Waals surface area contributed by atoms with Crippen LogP contribution < -0.4 is 15.1 Å². The molecule has 10 heteroatoms. The molecule has 5 atom stereocenters. The highest BCUT2D eigenvalue weighted by atomic mass is 16.7. The van der Waals surface area contributed by atoms with Crippen molar-refractivity contribution in [3.05, 3.63) is 59.0 Å². The summed E-state index contributed by atoms with van der Waals surface area (Å²) >= 11 is 0. The van der Waals surface area contributed by atoms with Crippen molar-refractivity contribution in [2.45, 2.75) is 51.0 Å². The van der Waals surface area contributed by atoms with E-state index in [0.29, 0.717) is 10.9 Å². The number of nitrogens with zero attached hydrogens (tertiary/aromatic N) is 1. The van der Waals surface area contributed by atoms with Crippen LogP contribution in [0, 0.1) is 6.92 Å². The van der Waals surface area contributed by atoms with E-state index >= 15 is 0 Å². The molecule has 3 rings (SSSR count). The first kappa shape index (κ1) is 26.4. The van der Waals surface area contributed by atoms with Crippen LogP contribution in [0.25, 0.3) is 11.0 Å². The third-order valence-corrected chi connectivity index (χ3v) is 5.94. The van der Waals surface area contributed by atoms with Gasteiger partial charge in [-0.3, -0.25) is 0 Å². The fourth-order valence-corrected chi connectivity index (χ4v) is 4.09. The van der Waals surface area contributed by atoms with Gasteiger partial charge in [-0.05, 0) is 32.9 Å². The molecule has 2 heterocycles. The predicted octanol–water partition coefficient (Wildman–Crippen LogP) is 2.45. The quantitative estimate of drug-likeness (QED) is 0.236. The normalized spacial score (nSPS) is 26.9. The van der Waals surface area contributed by atoms with Crippen LogP contribution in [0.4, 0.5) is 0 Å². The van der Waals surface area contributed by atoms with Crippen LogP contribution in [0.2, 0.25) is 0 Å². The molecule has 1 fully saturated rings. The van der Waals surface area contributed by atoms with Crippen LogP contribution in [0.15, 0.2) is 51.8 Å². The van der Waals surface area contributed by atoms with Gasteiger partial charge < -0.3 is 38.4 Å². The molecule has 1 aromatic heterocycles. The summed E-state index contributed by atoms with van der Waals surface area (Å²) in [5.41, 5.74) is -0.737. The molecular weight excluding hydrogens is 458 g/mol. The van der Waals surface area contributed by atoms with E-state index in [1.165, 1.54) is 20.3 Å². The summed E-state index contributed by atoms with van der Waals surface area (Å²) in [6.45, 7) is 12.5. The fourth-order valence-electron chi connectivity index (χ4n) is 4.09. The number of hydrogen-bond acceptors (Lipinski definition) is 10. The van der Waals surface area contributed by atoms with Crippen LogP contribution in [-0.2, 0) is 14.3 Å². The minimum Gasteiger partial charge on any atom is -0.488 e. The number of aliphatic hydroxyl groups is 2. The molecule has 35 heavy (non-hydrogen) atoms. The molecule has 0 amide bonds. The number of rotatable bonds is 9. The third-order valence-electron chi connectivity index (χ3n) is 5.94. The maximum Gasteiger partial charge on any atom is 0.349 e. The average molecular weight is 490 g/mol. The number of methoxy groups -OCH3 is 1. The lowest BCUT2D eigenvalue weighted by molar-refractivity contribution is -0.297. The van der Waals surface area contributed by atoms with Crippen LogP contribution >= 0.6 is 0 Å². The van der Waals surface area contributed by atoms with Gasteiger partial charge in [-0.1, -0.05) is 23.9 Å². The van der Waals surface area contributed by atoms with Crippen molar-refractivity contribution >= 4 is 16.7 Å². The molecule has 2 N–H and O–H groups in total. The number of hydrogen-bond donors (Lipinski definition) is 2. The van der Waals surface area contributed by atoms with Crippen LogP contribution in [0.5, 0.6) is 11.5 Å². The molecule has 0 saturated carbocycles. The predicted molar refractivity (Wildman–Crippen MR) is 129 cm³/mol. The van der Waals surface area contributed by atoms with Crippen molar-refractivity contribution in [3.8, 4) is 11.5 Å². The van der Waals surface area contributed by atoms with Gasteiger partial charge in [0.2, 0.25) is 6.29 Å². The standard InChI is InChI=1S/C25H31NO9/c1-8-12-32-21-15-10-11-16(13(3)20(15)34-23(29)17(21)14(4)26-31-7)33-24-19(28)18(27)22(30-6)25(5,9-2)35-24/h8-11,18-19,22,24,27-28H,1-2,12H2,3-7H3/t18-,19+,22+,24?,25-/m0/s1. The van der Waals surface area contributed by atoms with Crippen molar-refractivity contribution in [1.82, 2.24) is 0 Å². The maximum absolute atomic E-state index is 12.9. The van der Waals surface area contributed by atoms with Crippen molar-refractivity contribution < 1.29 is 38.4 Å². The summed E-state index contributed by atoms with van der Waals surface area (Å²) < 4.78 is 28.6. The zero-order valence-electron chi connectivity index (χ0n) is 20.4. The fraction of sp³-hybridized carbons (Fsp3) is 0.440. The van der Waals surface area contributed by atoms with Crippen molar-refractivity contribution in [3.63, 3.8) is 0 Å². The van der Waals surface area contributed by atoms with Gasteiger partial charge in [0.15, 0.2) is 0 Å². The molecule has 0 bridgehead atoms. The Morgan fingerprint density at radius 1 is 1.26 bits per heavy atom. The Labute approximate surface area is 203 Å². The second-order valence-corrected chi connectivity index (χ2v) is 8.25. The van der Waals surface area contributed by atoms with Crippen LogP contribution in [-0.4, -0.2) is 67.0 Å². The first-order valence-corrected chi connectivity index (χ1v) is 10.9. The zero-order valence-corrected chi connectivity index (χ0v) is 20.4. The summed E-state index contributed by atoms with van der Waals surface area (Å²) in [6, 6.07) is 3.28. The van der Waals surface area contributed by atoms with E-state index in [1.54, 1.807) is 39.0 Å². The topological polar surface area (TPSA) is 129 Å². The summed E-state index contributed by atoms with van der Waals surface area (Å²) in [4.78, 5) is 17.7. The van der Waals surface area contributed by atoms with Crippen molar-refractivity contribution in [2.24, 2.45) is 5.16 Å². The zero-order chi connectivity index (χ0) is 25.9. The minimum atomic E-state index is -1.42. The monoisotopic (exact) mass is 489 g/mol. The first-order valence-electron chi connectivity index (χ1n) is 10.9. The minimum absolute atomic E-state index is 0.121. The SMILES string of the molecule is C=CCOc1c(C(C)=NOC)c(=O)oc2c(C)c(OC3O[C@@](C)(C=C)[C@H](OC)[C@@H](O)[C@H]3O)ccc12. The molecule has 0 spiro atoms. The lowest BCUT2D eigenvalue weighted by Crippen LogP contribution is -2.64. The number of fused-ring (bicyclic) bond motifs is 1. The average Bonchev–Trinajstić information content (AvgIpc) is 2.83. The number of aliphatic hydroxyl groups excluding tert-OH is 2. The molecule has 0 radical (unpaired) electrons. The Bertz CT molecular complexity index is 1190. The van der Waals surface area contributed by atoms with E-state index in [2.05, 4.69) is 18.3 Å². The molecule has 1 unspecified atom stereocenters. The number of aryl methyl sites for hydroxylation is 1. The lowest BCUT2D eigenvalue weighted by Gasteiger charge is -2.46. The van der Waals surface area contributed by atoms with Gasteiger partial charge in [0.1, 0.15) is 60.3 Å². The Morgan fingerprint density at radius 3 is 2.57 bits per heavy atom. The highest BCUT2D eigenvalue weighted by molar-refractivity contribution is 6.05. The molecule has 10 nitrogen and oxygen atoms in total. The number of ether oxygens (including phenoxy) is 4. The van der Waals surface area contributed by atoms with Gasteiger partial charge in [-0.2, -0.15) is 0 Å². The second-order valence-electron chi connectivity index (χ2n) is 8.25. The highest BCUT2D eigenvalue weighted by Gasteiger charge is 2.51. The van der Waals surface area contributed by atoms with Crippen molar-refractivity contribution in [2.75, 3.05) is 20.8 Å². The van der Waals surface area contributed by atoms with Gasteiger partial charge in [-0.25, -0.2) is 4.79 Å². The number of oxime groups is 1. The molecule has 1 aromatic carbocycles. The van der Waals surface area contributed by atoms with Gasteiger partial charge in [-0.15, -0.1) is 6.58 Å². The lowest BCUT2D eigenvalue weighted by atomic mass is 9.88. The smallest absolute Gasteiger partial charge is 0.349 e. The molecule has 1 saturated heterocycles. The van der Waals surface area contributed by atoms with E-state index in [1.807, 2.05) is 0 Å². The molecule has 1 aliphatic heterocycles. The molecule has 0 aliphatic carbocycles. The summed E-state index contributed by atoms with van der Waals surface area (Å²) in [5.74, 6) is 0.527. The van der Waals surface area contributed by atoms with Gasteiger partial charge in [0.25, 0.3) is 0 Å². The Morgan fingerprint density at radius 2 is 1.97 bits per heavy atom. The highest BCUT2D eigenvalue weighted by Crippen LogP contribution is 2.37. The third kappa shape index (κ3) is 4.83. The van der Waals surface area contributed by atoms with E-state index in [0.717, 1.165) is 0 Å².